The van der Waals surface area contributed by atoms with Crippen molar-refractivity contribution in [3.63, 3.8) is 0 Å². The van der Waals surface area contributed by atoms with Crippen molar-refractivity contribution >= 4 is 11.3 Å². The van der Waals surface area contributed by atoms with E-state index in [0.29, 0.717) is 18.4 Å². The third kappa shape index (κ3) is 4.00. The van der Waals surface area contributed by atoms with Crippen LogP contribution in [0, 0.1) is 0 Å². The van der Waals surface area contributed by atoms with Gasteiger partial charge in [-0.25, -0.2) is 4.98 Å². The van der Waals surface area contributed by atoms with E-state index in [0.717, 1.165) is 32.5 Å². The summed E-state index contributed by atoms with van der Waals surface area (Å²) >= 11 is 1.85. The zero-order chi connectivity index (χ0) is 16.2. The Labute approximate surface area is 142 Å². The molecule has 0 aromatic carbocycles. The highest BCUT2D eigenvalue weighted by atomic mass is 32.1. The maximum Gasteiger partial charge on any atom is 0.0953 e. The van der Waals surface area contributed by atoms with Crippen LogP contribution in [-0.2, 0) is 13.1 Å². The Morgan fingerprint density at radius 1 is 1.35 bits per heavy atom. The van der Waals surface area contributed by atoms with Crippen LogP contribution in [0.5, 0.6) is 0 Å². The maximum absolute atomic E-state index is 9.13. The lowest BCUT2D eigenvalue weighted by Gasteiger charge is -2.31. The number of aliphatic hydroxyl groups excluding tert-OH is 1. The Bertz CT molecular complexity index is 614. The molecule has 0 unspecified atom stereocenters. The molecule has 1 N–H and O–H groups in total. The smallest absolute Gasteiger partial charge is 0.0953 e. The second-order valence-corrected chi connectivity index (χ2v) is 7.72. The van der Waals surface area contributed by atoms with Crippen LogP contribution in [-0.4, -0.2) is 44.5 Å². The fraction of sp³-hybridized carbons (Fsp3) is 0.647. The van der Waals surface area contributed by atoms with Crippen molar-refractivity contribution in [2.45, 2.75) is 51.6 Å². The van der Waals surface area contributed by atoms with E-state index in [1.165, 1.54) is 15.6 Å². The molecule has 1 aliphatic heterocycles. The van der Waals surface area contributed by atoms with E-state index in [9.17, 15) is 0 Å². The van der Waals surface area contributed by atoms with Crippen molar-refractivity contribution in [1.29, 1.82) is 0 Å². The van der Waals surface area contributed by atoms with Crippen molar-refractivity contribution in [2.75, 3.05) is 19.7 Å². The molecular formula is C17H26N4OS. The van der Waals surface area contributed by atoms with Gasteiger partial charge in [0.1, 0.15) is 0 Å². The van der Waals surface area contributed by atoms with Gasteiger partial charge >= 0.3 is 0 Å². The Kier molecular flexibility index (Phi) is 5.46. The van der Waals surface area contributed by atoms with E-state index in [4.69, 9.17) is 5.11 Å². The van der Waals surface area contributed by atoms with Crippen LogP contribution in [0.3, 0.4) is 0 Å². The molecule has 126 valence electrons. The van der Waals surface area contributed by atoms with Gasteiger partial charge in [-0.2, -0.15) is 5.10 Å². The minimum absolute atomic E-state index is 0.150. The summed E-state index contributed by atoms with van der Waals surface area (Å²) < 4.78 is 1.96. The normalized spacial score (nSPS) is 17.2. The molecule has 2 aromatic heterocycles. The summed E-state index contributed by atoms with van der Waals surface area (Å²) in [5.41, 5.74) is 1.28. The summed E-state index contributed by atoms with van der Waals surface area (Å²) in [6.07, 6.45) is 6.21. The number of likely N-dealkylation sites (tertiary alicyclic amines) is 1. The zero-order valence-electron chi connectivity index (χ0n) is 14.0. The van der Waals surface area contributed by atoms with Gasteiger partial charge in [0.25, 0.3) is 0 Å². The highest BCUT2D eigenvalue weighted by molar-refractivity contribution is 7.11. The third-order valence-corrected chi connectivity index (χ3v) is 5.79. The summed E-state index contributed by atoms with van der Waals surface area (Å²) in [5, 5.41) is 14.7. The van der Waals surface area contributed by atoms with Crippen LogP contribution in [0.1, 0.15) is 54.1 Å². The number of hydrogen-bond acceptors (Lipinski definition) is 5. The average Bonchev–Trinajstić information content (AvgIpc) is 3.18. The van der Waals surface area contributed by atoms with E-state index in [1.807, 2.05) is 28.4 Å². The Hall–Kier alpha value is -1.24. The molecule has 0 atom stereocenters. The van der Waals surface area contributed by atoms with Gasteiger partial charge in [-0.05, 0) is 32.0 Å². The SMILES string of the molecule is CC(C)c1ncc(CN2CCC(c3ccnn3CCO)CC2)s1. The van der Waals surface area contributed by atoms with Crippen molar-refractivity contribution < 1.29 is 5.11 Å². The number of piperidine rings is 1. The van der Waals surface area contributed by atoms with Gasteiger partial charge in [-0.3, -0.25) is 9.58 Å². The second kappa shape index (κ2) is 7.55. The summed E-state index contributed by atoms with van der Waals surface area (Å²) in [5.74, 6) is 1.08. The van der Waals surface area contributed by atoms with Gasteiger partial charge in [0.2, 0.25) is 0 Å². The van der Waals surface area contributed by atoms with Crippen LogP contribution < -0.4 is 0 Å². The first-order chi connectivity index (χ1) is 11.2. The quantitative estimate of drug-likeness (QED) is 0.882. The number of aromatic nitrogens is 3. The molecule has 5 nitrogen and oxygen atoms in total. The van der Waals surface area contributed by atoms with E-state index in [1.54, 1.807) is 0 Å². The van der Waals surface area contributed by atoms with Gasteiger partial charge < -0.3 is 5.11 Å². The van der Waals surface area contributed by atoms with Crippen molar-refractivity contribution in [3.8, 4) is 0 Å². The van der Waals surface area contributed by atoms with Gasteiger partial charge in [-0.1, -0.05) is 13.8 Å². The fourth-order valence-corrected chi connectivity index (χ4v) is 4.20. The number of aliphatic hydroxyl groups is 1. The highest BCUT2D eigenvalue weighted by Gasteiger charge is 2.23. The molecule has 0 amide bonds. The van der Waals surface area contributed by atoms with Crippen LogP contribution in [0.2, 0.25) is 0 Å². The standard InChI is InChI=1S/C17H26N4OS/c1-13(2)17-18-11-15(23-17)12-20-7-4-14(5-8-20)16-3-6-19-21(16)9-10-22/h3,6,11,13-14,22H,4-5,7-10,12H2,1-2H3. The second-order valence-electron chi connectivity index (χ2n) is 6.57. The molecule has 0 spiro atoms. The lowest BCUT2D eigenvalue weighted by Crippen LogP contribution is -2.33. The molecule has 0 bridgehead atoms. The minimum Gasteiger partial charge on any atom is -0.394 e. The van der Waals surface area contributed by atoms with E-state index >= 15 is 0 Å². The molecule has 1 aliphatic rings. The minimum atomic E-state index is 0.150. The predicted molar refractivity (Wildman–Crippen MR) is 92.8 cm³/mol. The molecular weight excluding hydrogens is 308 g/mol. The molecule has 0 aliphatic carbocycles. The van der Waals surface area contributed by atoms with Gasteiger partial charge in [0.15, 0.2) is 0 Å². The zero-order valence-corrected chi connectivity index (χ0v) is 14.8. The molecule has 1 fully saturated rings. The van der Waals surface area contributed by atoms with Crippen LogP contribution in [0.15, 0.2) is 18.5 Å². The molecule has 3 rings (SSSR count). The molecule has 1 saturated heterocycles. The van der Waals surface area contributed by atoms with E-state index in [-0.39, 0.29) is 6.61 Å². The maximum atomic E-state index is 9.13. The molecule has 2 aromatic rings. The third-order valence-electron chi connectivity index (χ3n) is 4.51. The van der Waals surface area contributed by atoms with Crippen molar-refractivity contribution in [1.82, 2.24) is 19.7 Å². The number of nitrogens with zero attached hydrogens (tertiary/aromatic N) is 4. The number of hydrogen-bond donors (Lipinski definition) is 1. The largest absolute Gasteiger partial charge is 0.394 e. The first-order valence-electron chi connectivity index (χ1n) is 8.47. The monoisotopic (exact) mass is 334 g/mol. The van der Waals surface area contributed by atoms with E-state index < -0.39 is 0 Å². The highest BCUT2D eigenvalue weighted by Crippen LogP contribution is 2.29. The summed E-state index contributed by atoms with van der Waals surface area (Å²) in [4.78, 5) is 8.43. The van der Waals surface area contributed by atoms with Gasteiger partial charge in [-0.15, -0.1) is 11.3 Å². The van der Waals surface area contributed by atoms with Crippen LogP contribution >= 0.6 is 11.3 Å². The molecule has 0 radical (unpaired) electrons. The number of rotatable bonds is 6. The first-order valence-corrected chi connectivity index (χ1v) is 9.28. The lowest BCUT2D eigenvalue weighted by atomic mass is 9.93. The lowest BCUT2D eigenvalue weighted by molar-refractivity contribution is 0.200. The molecule has 23 heavy (non-hydrogen) atoms. The van der Waals surface area contributed by atoms with Crippen molar-refractivity contribution in [3.05, 3.63) is 34.0 Å². The van der Waals surface area contributed by atoms with Crippen LogP contribution in [0.4, 0.5) is 0 Å². The predicted octanol–water partition coefficient (Wildman–Crippen LogP) is 2.83. The van der Waals surface area contributed by atoms with Crippen LogP contribution in [0.25, 0.3) is 0 Å². The summed E-state index contributed by atoms with van der Waals surface area (Å²) in [6, 6.07) is 2.11. The van der Waals surface area contributed by atoms with E-state index in [2.05, 4.69) is 34.9 Å². The number of thiazole rings is 1. The van der Waals surface area contributed by atoms with Crippen molar-refractivity contribution in [2.24, 2.45) is 0 Å². The van der Waals surface area contributed by atoms with Gasteiger partial charge in [0.05, 0.1) is 18.2 Å². The average molecular weight is 334 g/mol. The summed E-state index contributed by atoms with van der Waals surface area (Å²) in [7, 11) is 0. The Balaban J connectivity index is 1.54. The topological polar surface area (TPSA) is 54.2 Å². The van der Waals surface area contributed by atoms with Gasteiger partial charge in [0, 0.05) is 41.3 Å². The summed E-state index contributed by atoms with van der Waals surface area (Å²) in [6.45, 7) is 8.40. The molecule has 0 saturated carbocycles. The Morgan fingerprint density at radius 3 is 2.78 bits per heavy atom. The Morgan fingerprint density at radius 2 is 2.13 bits per heavy atom. The first kappa shape index (κ1) is 16.6. The molecule has 3 heterocycles. The molecule has 6 heteroatoms. The fourth-order valence-electron chi connectivity index (χ4n) is 3.24.